The van der Waals surface area contributed by atoms with Gasteiger partial charge in [0.25, 0.3) is 0 Å². The maximum absolute atomic E-state index is 11.5. The van der Waals surface area contributed by atoms with Crippen molar-refractivity contribution >= 4 is 21.4 Å². The maximum Gasteiger partial charge on any atom is 0.240 e. The molecule has 0 aromatic heterocycles. The van der Waals surface area contributed by atoms with Crippen LogP contribution in [0.4, 0.5) is 11.4 Å². The lowest BCUT2D eigenvalue weighted by molar-refractivity contribution is 0.269. The van der Waals surface area contributed by atoms with Gasteiger partial charge in [0.15, 0.2) is 0 Å². The second kappa shape index (κ2) is 5.38. The van der Waals surface area contributed by atoms with Crippen molar-refractivity contribution in [2.45, 2.75) is 32.6 Å². The van der Waals surface area contributed by atoms with E-state index in [1.807, 2.05) is 0 Å². The minimum absolute atomic E-state index is 0.0343. The third kappa shape index (κ3) is 4.11. The highest BCUT2D eigenvalue weighted by Gasteiger charge is 2.23. The van der Waals surface area contributed by atoms with Crippen LogP contribution in [-0.2, 0) is 10.0 Å². The molecule has 5 N–H and O–H groups in total. The zero-order valence-corrected chi connectivity index (χ0v) is 12.7. The van der Waals surface area contributed by atoms with Crippen molar-refractivity contribution in [3.05, 3.63) is 18.2 Å². The summed E-state index contributed by atoms with van der Waals surface area (Å²) in [6.45, 7) is 9.16. The Morgan fingerprint density at radius 3 is 2.37 bits per heavy atom. The number of rotatable bonds is 5. The smallest absolute Gasteiger partial charge is 0.240 e. The van der Waals surface area contributed by atoms with Crippen LogP contribution in [0.2, 0.25) is 0 Å². The molecule has 1 aromatic rings. The predicted octanol–water partition coefficient (Wildman–Crippen LogP) is 2.01. The van der Waals surface area contributed by atoms with Crippen molar-refractivity contribution in [1.29, 1.82) is 0 Å². The second-order valence-electron chi connectivity index (χ2n) is 5.80. The predicted molar refractivity (Wildman–Crippen MR) is 79.3 cm³/mol. The number of hydrogen-bond donors (Lipinski definition) is 3. The van der Waals surface area contributed by atoms with Gasteiger partial charge in [0.05, 0.1) is 5.69 Å². The molecule has 1 rings (SSSR count). The van der Waals surface area contributed by atoms with E-state index in [0.29, 0.717) is 23.8 Å². The van der Waals surface area contributed by atoms with Gasteiger partial charge >= 0.3 is 0 Å². The summed E-state index contributed by atoms with van der Waals surface area (Å²) in [5, 5.41) is 8.36. The molecule has 0 saturated carbocycles. The first-order valence-electron chi connectivity index (χ1n) is 6.20. The third-order valence-electron chi connectivity index (χ3n) is 3.61. The quantitative estimate of drug-likeness (QED) is 0.721. The van der Waals surface area contributed by atoms with Crippen LogP contribution in [0.3, 0.4) is 0 Å². The number of primary sulfonamides is 1. The van der Waals surface area contributed by atoms with Gasteiger partial charge in [-0.25, -0.2) is 13.6 Å². The normalized spacial score (nSPS) is 12.7. The molecule has 0 aliphatic heterocycles. The summed E-state index contributed by atoms with van der Waals surface area (Å²) in [6, 6.07) is 4.67. The Balaban J connectivity index is 3.03. The molecule has 0 amide bonds. The summed E-state index contributed by atoms with van der Waals surface area (Å²) in [4.78, 5) is 0.0343. The van der Waals surface area contributed by atoms with Crippen molar-refractivity contribution in [2.24, 2.45) is 16.5 Å². The van der Waals surface area contributed by atoms with Gasteiger partial charge in [-0.1, -0.05) is 27.7 Å². The molecule has 5 nitrogen and oxygen atoms in total. The Morgan fingerprint density at radius 2 is 1.89 bits per heavy atom. The monoisotopic (exact) mass is 285 g/mol. The summed E-state index contributed by atoms with van der Waals surface area (Å²) in [7, 11) is -3.79. The molecule has 19 heavy (non-hydrogen) atoms. The van der Waals surface area contributed by atoms with E-state index < -0.39 is 10.0 Å². The van der Waals surface area contributed by atoms with Crippen LogP contribution in [0.5, 0.6) is 0 Å². The summed E-state index contributed by atoms with van der Waals surface area (Å²) < 4.78 is 23.1. The van der Waals surface area contributed by atoms with Crippen molar-refractivity contribution in [1.82, 2.24) is 0 Å². The van der Waals surface area contributed by atoms with E-state index >= 15 is 0 Å². The Morgan fingerprint density at radius 1 is 1.32 bits per heavy atom. The van der Waals surface area contributed by atoms with Crippen molar-refractivity contribution in [3.8, 4) is 0 Å². The Kier molecular flexibility index (Phi) is 4.47. The summed E-state index contributed by atoms with van der Waals surface area (Å²) in [6.07, 6.45) is 0. The molecule has 0 aliphatic rings. The molecule has 0 spiro atoms. The standard InChI is InChI=1S/C13H23N3O2S/c1-9(2)13(3,4)8-16-11-6-5-10(14)7-12(11)19(15,17)18/h5-7,9,16H,8,14H2,1-4H3,(H2,15,17,18). The molecule has 6 heteroatoms. The second-order valence-corrected chi connectivity index (χ2v) is 7.33. The van der Waals surface area contributed by atoms with Gasteiger partial charge in [0.2, 0.25) is 10.0 Å². The van der Waals surface area contributed by atoms with E-state index in [1.54, 1.807) is 12.1 Å². The Bertz CT molecular complexity index is 551. The lowest BCUT2D eigenvalue weighted by atomic mass is 9.81. The topological polar surface area (TPSA) is 98.2 Å². The summed E-state index contributed by atoms with van der Waals surface area (Å²) >= 11 is 0. The van der Waals surface area contributed by atoms with Gasteiger partial charge < -0.3 is 11.1 Å². The van der Waals surface area contributed by atoms with Gasteiger partial charge in [-0.15, -0.1) is 0 Å². The molecule has 1 aromatic carbocycles. The number of nitrogen functional groups attached to an aromatic ring is 1. The van der Waals surface area contributed by atoms with Crippen LogP contribution in [-0.4, -0.2) is 15.0 Å². The molecule has 108 valence electrons. The minimum atomic E-state index is -3.79. The zero-order valence-electron chi connectivity index (χ0n) is 11.9. The molecule has 0 bridgehead atoms. The van der Waals surface area contributed by atoms with E-state index in [-0.39, 0.29) is 10.3 Å². The van der Waals surface area contributed by atoms with E-state index in [4.69, 9.17) is 10.9 Å². The average Bonchev–Trinajstić information content (AvgIpc) is 2.26. The molecular weight excluding hydrogens is 262 g/mol. The first-order chi connectivity index (χ1) is 8.54. The highest BCUT2D eigenvalue weighted by Crippen LogP contribution is 2.28. The van der Waals surface area contributed by atoms with Gasteiger partial charge in [0.1, 0.15) is 4.90 Å². The molecule has 0 unspecified atom stereocenters. The Labute approximate surface area is 115 Å². The molecule has 0 fully saturated rings. The van der Waals surface area contributed by atoms with Crippen LogP contribution >= 0.6 is 0 Å². The first-order valence-corrected chi connectivity index (χ1v) is 7.75. The van der Waals surface area contributed by atoms with Crippen LogP contribution < -0.4 is 16.2 Å². The van der Waals surface area contributed by atoms with E-state index in [2.05, 4.69) is 33.0 Å². The van der Waals surface area contributed by atoms with Crippen molar-refractivity contribution in [3.63, 3.8) is 0 Å². The highest BCUT2D eigenvalue weighted by atomic mass is 32.2. The fraction of sp³-hybridized carbons (Fsp3) is 0.538. The number of nitrogens with two attached hydrogens (primary N) is 2. The molecule has 0 radical (unpaired) electrons. The first kappa shape index (κ1) is 15.8. The van der Waals surface area contributed by atoms with Crippen LogP contribution in [0.15, 0.2) is 23.1 Å². The average molecular weight is 285 g/mol. The number of hydrogen-bond acceptors (Lipinski definition) is 4. The summed E-state index contributed by atoms with van der Waals surface area (Å²) in [5.74, 6) is 0.465. The lowest BCUT2D eigenvalue weighted by Crippen LogP contribution is -2.29. The fourth-order valence-electron chi connectivity index (χ4n) is 1.45. The van der Waals surface area contributed by atoms with Crippen LogP contribution in [0.1, 0.15) is 27.7 Å². The van der Waals surface area contributed by atoms with Crippen molar-refractivity contribution in [2.75, 3.05) is 17.6 Å². The lowest BCUT2D eigenvalue weighted by Gasteiger charge is -2.30. The van der Waals surface area contributed by atoms with Crippen molar-refractivity contribution < 1.29 is 8.42 Å². The fourth-order valence-corrected chi connectivity index (χ4v) is 2.19. The zero-order chi connectivity index (χ0) is 14.8. The SMILES string of the molecule is CC(C)C(C)(C)CNc1ccc(N)cc1S(N)(=O)=O. The van der Waals surface area contributed by atoms with Gasteiger partial charge in [0, 0.05) is 12.2 Å². The summed E-state index contributed by atoms with van der Waals surface area (Å²) in [5.41, 5.74) is 6.51. The Hall–Kier alpha value is -1.27. The van der Waals surface area contributed by atoms with Gasteiger partial charge in [-0.3, -0.25) is 0 Å². The minimum Gasteiger partial charge on any atom is -0.399 e. The largest absolute Gasteiger partial charge is 0.399 e. The highest BCUT2D eigenvalue weighted by molar-refractivity contribution is 7.89. The van der Waals surface area contributed by atoms with Gasteiger partial charge in [-0.05, 0) is 29.5 Å². The number of benzene rings is 1. The van der Waals surface area contributed by atoms with Crippen LogP contribution in [0.25, 0.3) is 0 Å². The molecular formula is C13H23N3O2S. The molecule has 0 heterocycles. The van der Waals surface area contributed by atoms with E-state index in [1.165, 1.54) is 6.07 Å². The number of nitrogens with one attached hydrogen (secondary N) is 1. The molecule has 0 aliphatic carbocycles. The number of sulfonamides is 1. The van der Waals surface area contributed by atoms with E-state index in [0.717, 1.165) is 0 Å². The maximum atomic E-state index is 11.5. The van der Waals surface area contributed by atoms with E-state index in [9.17, 15) is 8.42 Å². The molecule has 0 atom stereocenters. The van der Waals surface area contributed by atoms with Crippen LogP contribution in [0, 0.1) is 11.3 Å². The molecule has 0 saturated heterocycles. The van der Waals surface area contributed by atoms with Gasteiger partial charge in [-0.2, -0.15) is 0 Å². The third-order valence-corrected chi connectivity index (χ3v) is 4.56. The number of anilines is 2.